The molecule has 0 unspecified atom stereocenters. The van der Waals surface area contributed by atoms with Crippen molar-refractivity contribution in [3.63, 3.8) is 0 Å². The molecule has 0 saturated heterocycles. The van der Waals surface area contributed by atoms with Crippen molar-refractivity contribution in [1.29, 1.82) is 0 Å². The van der Waals surface area contributed by atoms with Crippen LogP contribution in [0.1, 0.15) is 36.5 Å². The lowest BCUT2D eigenvalue weighted by molar-refractivity contribution is -0.146. The molecular weight excluding hydrogens is 280 g/mol. The summed E-state index contributed by atoms with van der Waals surface area (Å²) in [7, 11) is 0. The number of fused-ring (bicyclic) bond motifs is 2. The van der Waals surface area contributed by atoms with Gasteiger partial charge in [-0.1, -0.05) is 6.92 Å². The Bertz CT molecular complexity index is 818. The number of rotatable bonds is 3. The molecule has 2 aliphatic carbocycles. The summed E-state index contributed by atoms with van der Waals surface area (Å²) in [6.07, 6.45) is 4.14. The molecule has 1 fully saturated rings. The van der Waals surface area contributed by atoms with Crippen LogP contribution in [0.3, 0.4) is 0 Å². The van der Waals surface area contributed by atoms with Crippen molar-refractivity contribution in [2.45, 2.75) is 39.2 Å². The summed E-state index contributed by atoms with van der Waals surface area (Å²) >= 11 is 0. The Balaban J connectivity index is 1.67. The van der Waals surface area contributed by atoms with E-state index in [0.29, 0.717) is 11.5 Å². The third kappa shape index (κ3) is 2.32. The molecule has 0 amide bonds. The maximum Gasteiger partial charge on any atom is 0.336 e. The molecule has 0 radical (unpaired) electrons. The van der Waals surface area contributed by atoms with Gasteiger partial charge < -0.3 is 9.15 Å². The molecule has 4 heteroatoms. The second-order valence-electron chi connectivity index (χ2n) is 6.49. The van der Waals surface area contributed by atoms with E-state index in [-0.39, 0.29) is 18.5 Å². The highest BCUT2D eigenvalue weighted by atomic mass is 16.5. The molecule has 0 aliphatic heterocycles. The van der Waals surface area contributed by atoms with Crippen molar-refractivity contribution in [1.82, 2.24) is 0 Å². The predicted octanol–water partition coefficient (Wildman–Crippen LogP) is 2.98. The first-order valence-corrected chi connectivity index (χ1v) is 7.87. The summed E-state index contributed by atoms with van der Waals surface area (Å²) in [6.45, 7) is 2.19. The molecule has 1 heterocycles. The summed E-state index contributed by atoms with van der Waals surface area (Å²) in [6, 6.07) is 5.49. The van der Waals surface area contributed by atoms with Crippen molar-refractivity contribution in [2.75, 3.05) is 0 Å². The van der Waals surface area contributed by atoms with Gasteiger partial charge in [0, 0.05) is 17.0 Å². The van der Waals surface area contributed by atoms with Gasteiger partial charge in [0.05, 0.1) is 5.92 Å². The Hall–Kier alpha value is -2.10. The van der Waals surface area contributed by atoms with Crippen molar-refractivity contribution >= 4 is 16.9 Å². The number of ether oxygens (including phenoxy) is 1. The smallest absolute Gasteiger partial charge is 0.336 e. The van der Waals surface area contributed by atoms with Gasteiger partial charge in [0.15, 0.2) is 0 Å². The van der Waals surface area contributed by atoms with Gasteiger partial charge in [0.25, 0.3) is 0 Å². The van der Waals surface area contributed by atoms with Gasteiger partial charge in [-0.3, -0.25) is 4.79 Å². The molecule has 22 heavy (non-hydrogen) atoms. The van der Waals surface area contributed by atoms with E-state index in [1.807, 2.05) is 13.0 Å². The molecule has 2 aromatic rings. The molecule has 114 valence electrons. The first kappa shape index (κ1) is 13.6. The molecule has 0 N–H and O–H groups in total. The second-order valence-corrected chi connectivity index (χ2v) is 6.49. The fraction of sp³-hybridized carbons (Fsp3) is 0.444. The Morgan fingerprint density at radius 3 is 2.73 bits per heavy atom. The van der Waals surface area contributed by atoms with Crippen LogP contribution < -0.4 is 5.63 Å². The van der Waals surface area contributed by atoms with Gasteiger partial charge in [0.1, 0.15) is 12.2 Å². The van der Waals surface area contributed by atoms with Gasteiger partial charge in [-0.2, -0.15) is 0 Å². The van der Waals surface area contributed by atoms with E-state index in [4.69, 9.17) is 9.15 Å². The zero-order chi connectivity index (χ0) is 15.3. The molecule has 0 bridgehead atoms. The average Bonchev–Trinajstić information content (AvgIpc) is 3.05. The van der Waals surface area contributed by atoms with Crippen molar-refractivity contribution in [3.05, 3.63) is 45.3 Å². The first-order chi connectivity index (χ1) is 10.6. The van der Waals surface area contributed by atoms with Crippen LogP contribution in [0.25, 0.3) is 11.0 Å². The second kappa shape index (κ2) is 4.97. The lowest BCUT2D eigenvalue weighted by Gasteiger charge is -2.09. The highest BCUT2D eigenvalue weighted by Gasteiger charge is 2.40. The van der Waals surface area contributed by atoms with Crippen molar-refractivity contribution in [2.24, 2.45) is 11.8 Å². The molecule has 2 aliphatic rings. The fourth-order valence-electron chi connectivity index (χ4n) is 3.32. The lowest BCUT2D eigenvalue weighted by atomic mass is 10.0. The van der Waals surface area contributed by atoms with Gasteiger partial charge >= 0.3 is 11.6 Å². The van der Waals surface area contributed by atoms with Crippen LogP contribution >= 0.6 is 0 Å². The molecule has 2 atom stereocenters. The van der Waals surface area contributed by atoms with Crippen LogP contribution in [0.5, 0.6) is 0 Å². The van der Waals surface area contributed by atoms with E-state index < -0.39 is 5.63 Å². The molecular formula is C18H18O4. The molecule has 4 nitrogen and oxygen atoms in total. The Morgan fingerprint density at radius 2 is 2.00 bits per heavy atom. The topological polar surface area (TPSA) is 56.5 Å². The summed E-state index contributed by atoms with van der Waals surface area (Å²) in [5, 5.41) is 0.886. The number of carbonyl (C=O) groups is 1. The van der Waals surface area contributed by atoms with E-state index in [2.05, 4.69) is 6.07 Å². The average molecular weight is 298 g/mol. The Kier molecular flexibility index (Phi) is 3.06. The monoisotopic (exact) mass is 298 g/mol. The molecule has 4 rings (SSSR count). The summed E-state index contributed by atoms with van der Waals surface area (Å²) in [5.74, 6) is 0.305. The number of carbonyl (C=O) groups excluding carboxylic acids is 1. The van der Waals surface area contributed by atoms with E-state index >= 15 is 0 Å². The van der Waals surface area contributed by atoms with Crippen molar-refractivity contribution in [3.8, 4) is 0 Å². The van der Waals surface area contributed by atoms with E-state index in [9.17, 15) is 9.59 Å². The van der Waals surface area contributed by atoms with Gasteiger partial charge in [-0.25, -0.2) is 4.79 Å². The first-order valence-electron chi connectivity index (χ1n) is 7.87. The largest absolute Gasteiger partial charge is 0.461 e. The summed E-state index contributed by atoms with van der Waals surface area (Å²) < 4.78 is 10.7. The van der Waals surface area contributed by atoms with Crippen LogP contribution in [0.2, 0.25) is 0 Å². The number of hydrogen-bond donors (Lipinski definition) is 0. The standard InChI is InChI=1S/C18H18O4/c1-10-5-14(10)18(20)21-9-13-8-17(19)22-16-7-12-4-2-3-11(12)6-15(13)16/h6-8,10,14H,2-5,9H2,1H3/t10-,14+/m1/s1. The number of esters is 1. The number of hydrogen-bond acceptors (Lipinski definition) is 4. The SMILES string of the molecule is C[C@@H]1C[C@@H]1C(=O)OCc1cc(=O)oc2cc3c(cc12)CCC3. The normalized spacial score (nSPS) is 22.6. The maximum absolute atomic E-state index is 11.9. The predicted molar refractivity (Wildman–Crippen MR) is 81.6 cm³/mol. The van der Waals surface area contributed by atoms with E-state index in [1.54, 1.807) is 0 Å². The van der Waals surface area contributed by atoms with Gasteiger partial charge in [-0.05, 0) is 54.9 Å². The number of aryl methyl sites for hydroxylation is 2. The molecule has 0 spiro atoms. The highest BCUT2D eigenvalue weighted by molar-refractivity contribution is 5.82. The minimum Gasteiger partial charge on any atom is -0.461 e. The van der Waals surface area contributed by atoms with Crippen molar-refractivity contribution < 1.29 is 13.9 Å². The number of benzene rings is 1. The highest BCUT2D eigenvalue weighted by Crippen LogP contribution is 2.39. The maximum atomic E-state index is 11.9. The Morgan fingerprint density at radius 1 is 1.27 bits per heavy atom. The van der Waals surface area contributed by atoms with E-state index in [1.165, 1.54) is 17.2 Å². The van der Waals surface area contributed by atoms with Gasteiger partial charge in [-0.15, -0.1) is 0 Å². The zero-order valence-corrected chi connectivity index (χ0v) is 12.6. The quantitative estimate of drug-likeness (QED) is 0.645. The lowest BCUT2D eigenvalue weighted by Crippen LogP contribution is -2.10. The third-order valence-corrected chi connectivity index (χ3v) is 4.82. The third-order valence-electron chi connectivity index (χ3n) is 4.82. The van der Waals surface area contributed by atoms with Crippen LogP contribution in [-0.2, 0) is 29.0 Å². The minimum atomic E-state index is -0.392. The van der Waals surface area contributed by atoms with Crippen LogP contribution in [0, 0.1) is 11.8 Å². The van der Waals surface area contributed by atoms with Crippen LogP contribution in [0.15, 0.2) is 27.4 Å². The summed E-state index contributed by atoms with van der Waals surface area (Å²) in [4.78, 5) is 23.6. The van der Waals surface area contributed by atoms with E-state index in [0.717, 1.165) is 36.6 Å². The zero-order valence-electron chi connectivity index (χ0n) is 12.6. The molecule has 1 saturated carbocycles. The molecule has 1 aromatic heterocycles. The molecule has 1 aromatic carbocycles. The Labute approximate surface area is 128 Å². The van der Waals surface area contributed by atoms with Crippen LogP contribution in [0.4, 0.5) is 0 Å². The fourth-order valence-corrected chi connectivity index (χ4v) is 3.32. The van der Waals surface area contributed by atoms with Crippen LogP contribution in [-0.4, -0.2) is 5.97 Å². The summed E-state index contributed by atoms with van der Waals surface area (Å²) in [5.41, 5.74) is 3.51. The van der Waals surface area contributed by atoms with Gasteiger partial charge in [0.2, 0.25) is 0 Å². The minimum absolute atomic E-state index is 0.0376.